The van der Waals surface area contributed by atoms with E-state index < -0.39 is 10.0 Å². The zero-order valence-electron chi connectivity index (χ0n) is 23.7. The molecular weight excluding hydrogens is 514 g/mol. The van der Waals surface area contributed by atoms with Gasteiger partial charge in [-0.3, -0.25) is 0 Å². The van der Waals surface area contributed by atoms with Crippen molar-refractivity contribution in [3.05, 3.63) is 69.7 Å². The van der Waals surface area contributed by atoms with Gasteiger partial charge in [0.15, 0.2) is 5.13 Å². The first kappa shape index (κ1) is 28.6. The van der Waals surface area contributed by atoms with Crippen LogP contribution in [0.4, 0.5) is 5.13 Å². The van der Waals surface area contributed by atoms with Crippen molar-refractivity contribution in [2.45, 2.75) is 70.6 Å². The molecule has 0 unspecified atom stereocenters. The first-order valence-electron chi connectivity index (χ1n) is 13.5. The lowest BCUT2D eigenvalue weighted by atomic mass is 9.89. The lowest BCUT2D eigenvalue weighted by Crippen LogP contribution is -2.49. The number of aromatic nitrogens is 1. The number of piperazine rings is 1. The molecule has 206 valence electrons. The number of benzene rings is 2. The van der Waals surface area contributed by atoms with Crippen molar-refractivity contribution >= 4 is 26.5 Å². The Bertz CT molecular complexity index is 1310. The number of ether oxygens (including phenoxy) is 1. The van der Waals surface area contributed by atoms with Crippen LogP contribution in [0, 0.1) is 0 Å². The summed E-state index contributed by atoms with van der Waals surface area (Å²) in [5.41, 5.74) is 5.29. The van der Waals surface area contributed by atoms with Gasteiger partial charge >= 0.3 is 0 Å². The lowest BCUT2D eigenvalue weighted by molar-refractivity contribution is 0.383. The Morgan fingerprint density at radius 2 is 1.47 bits per heavy atom. The van der Waals surface area contributed by atoms with E-state index in [1.807, 2.05) is 12.1 Å². The van der Waals surface area contributed by atoms with Crippen molar-refractivity contribution in [2.75, 3.05) is 38.2 Å². The zero-order valence-corrected chi connectivity index (χ0v) is 25.3. The van der Waals surface area contributed by atoms with Crippen molar-refractivity contribution in [1.82, 2.24) is 9.29 Å². The van der Waals surface area contributed by atoms with Gasteiger partial charge in [0.25, 0.3) is 0 Å². The minimum absolute atomic E-state index is 0.122. The van der Waals surface area contributed by atoms with Crippen LogP contribution in [0.3, 0.4) is 0 Å². The van der Waals surface area contributed by atoms with Gasteiger partial charge in [0.05, 0.1) is 17.7 Å². The van der Waals surface area contributed by atoms with Crippen molar-refractivity contribution in [1.29, 1.82) is 0 Å². The third kappa shape index (κ3) is 6.08. The fourth-order valence-corrected chi connectivity index (χ4v) is 7.88. The average molecular weight is 556 g/mol. The second-order valence-electron chi connectivity index (χ2n) is 11.0. The Balaban J connectivity index is 1.51. The van der Waals surface area contributed by atoms with Crippen LogP contribution < -0.4 is 9.64 Å². The van der Waals surface area contributed by atoms with Gasteiger partial charge in [0, 0.05) is 38.0 Å². The Labute approximate surface area is 232 Å². The molecule has 2 heterocycles. The van der Waals surface area contributed by atoms with E-state index in [0.29, 0.717) is 37.0 Å². The molecule has 0 bridgehead atoms. The van der Waals surface area contributed by atoms with Crippen LogP contribution in [-0.4, -0.2) is 51.0 Å². The maximum absolute atomic E-state index is 14.1. The van der Waals surface area contributed by atoms with Crippen molar-refractivity contribution < 1.29 is 13.2 Å². The summed E-state index contributed by atoms with van der Waals surface area (Å²) < 4.78 is 35.1. The summed E-state index contributed by atoms with van der Waals surface area (Å²) in [6.45, 7) is 14.9. The second-order valence-corrected chi connectivity index (χ2v) is 13.7. The van der Waals surface area contributed by atoms with Gasteiger partial charge in [-0.05, 0) is 52.1 Å². The van der Waals surface area contributed by atoms with Crippen LogP contribution in [-0.2, 0) is 16.4 Å². The summed E-state index contributed by atoms with van der Waals surface area (Å²) in [7, 11) is -1.96. The summed E-state index contributed by atoms with van der Waals surface area (Å²) in [5, 5.41) is 3.06. The number of rotatable bonds is 9. The number of hydrogen-bond donors (Lipinski definition) is 0. The molecule has 1 aliphatic heterocycles. The van der Waals surface area contributed by atoms with Crippen LogP contribution in [0.5, 0.6) is 5.75 Å². The predicted molar refractivity (Wildman–Crippen MR) is 158 cm³/mol. The number of nitrogens with zero attached hydrogens (tertiary/aromatic N) is 3. The quantitative estimate of drug-likeness (QED) is 0.297. The largest absolute Gasteiger partial charge is 0.497 e. The lowest BCUT2D eigenvalue weighted by Gasteiger charge is -2.35. The molecule has 8 heteroatoms. The van der Waals surface area contributed by atoms with Crippen molar-refractivity contribution in [3.63, 3.8) is 0 Å². The fraction of sp³-hybridized carbons (Fsp3) is 0.500. The maximum Gasteiger partial charge on any atom is 0.243 e. The monoisotopic (exact) mass is 555 g/mol. The highest BCUT2D eigenvalue weighted by atomic mass is 32.2. The van der Waals surface area contributed by atoms with E-state index in [4.69, 9.17) is 9.72 Å². The van der Waals surface area contributed by atoms with Gasteiger partial charge in [0.1, 0.15) is 5.75 Å². The standard InChI is InChI=1S/C30H41N3O3S2/c1-20(2)24-17-27(21(3)4)29(28(18-24)22(5)6)38(34,35)33-14-12-32(13-15-33)30-31-25(19-37-30)16-23-8-10-26(36-7)11-9-23/h8-11,17-22H,12-16H2,1-7H3. The second kappa shape index (κ2) is 11.8. The Morgan fingerprint density at radius 3 is 1.97 bits per heavy atom. The van der Waals surface area contributed by atoms with Crippen LogP contribution >= 0.6 is 11.3 Å². The highest BCUT2D eigenvalue weighted by Crippen LogP contribution is 2.37. The molecule has 0 spiro atoms. The molecule has 0 atom stereocenters. The van der Waals surface area contributed by atoms with Gasteiger partial charge in [0.2, 0.25) is 10.0 Å². The van der Waals surface area contributed by atoms with Crippen LogP contribution in [0.2, 0.25) is 0 Å². The van der Waals surface area contributed by atoms with E-state index in [-0.39, 0.29) is 11.8 Å². The summed E-state index contributed by atoms with van der Waals surface area (Å²) >= 11 is 1.63. The van der Waals surface area contributed by atoms with Crippen LogP contribution in [0.15, 0.2) is 46.7 Å². The molecule has 0 radical (unpaired) electrons. The summed E-state index contributed by atoms with van der Waals surface area (Å²) in [4.78, 5) is 7.60. The van der Waals surface area contributed by atoms with E-state index in [2.05, 4.69) is 76.1 Å². The number of methoxy groups -OCH3 is 1. The molecule has 1 aliphatic rings. The minimum Gasteiger partial charge on any atom is -0.497 e. The molecule has 0 saturated carbocycles. The number of thiazole rings is 1. The zero-order chi connectivity index (χ0) is 27.6. The normalized spacial score (nSPS) is 15.2. The molecule has 0 N–H and O–H groups in total. The van der Waals surface area contributed by atoms with E-state index in [0.717, 1.165) is 34.1 Å². The molecule has 1 fully saturated rings. The van der Waals surface area contributed by atoms with Gasteiger partial charge in [-0.15, -0.1) is 11.3 Å². The highest BCUT2D eigenvalue weighted by molar-refractivity contribution is 7.89. The maximum atomic E-state index is 14.1. The average Bonchev–Trinajstić information content (AvgIpc) is 3.36. The molecule has 0 aliphatic carbocycles. The number of hydrogen-bond acceptors (Lipinski definition) is 6. The van der Waals surface area contributed by atoms with E-state index in [1.54, 1.807) is 22.8 Å². The van der Waals surface area contributed by atoms with E-state index in [9.17, 15) is 8.42 Å². The van der Waals surface area contributed by atoms with E-state index in [1.165, 1.54) is 11.1 Å². The topological polar surface area (TPSA) is 62.7 Å². The molecule has 6 nitrogen and oxygen atoms in total. The fourth-order valence-electron chi connectivity index (χ4n) is 4.91. The number of anilines is 1. The van der Waals surface area contributed by atoms with Gasteiger partial charge in [-0.25, -0.2) is 13.4 Å². The molecule has 38 heavy (non-hydrogen) atoms. The Hall–Kier alpha value is -2.42. The molecule has 1 aromatic heterocycles. The SMILES string of the molecule is COc1ccc(Cc2csc(N3CCN(S(=O)(=O)c4c(C(C)C)cc(C(C)C)cc4C(C)C)CC3)n2)cc1. The third-order valence-electron chi connectivity index (χ3n) is 7.27. The number of sulfonamides is 1. The molecule has 0 amide bonds. The van der Waals surface area contributed by atoms with Crippen LogP contribution in [0.25, 0.3) is 0 Å². The first-order valence-corrected chi connectivity index (χ1v) is 15.8. The first-order chi connectivity index (χ1) is 18.0. The van der Waals surface area contributed by atoms with Gasteiger partial charge < -0.3 is 9.64 Å². The molecular formula is C30H41N3O3S2. The van der Waals surface area contributed by atoms with Gasteiger partial charge in [-0.2, -0.15) is 4.31 Å². The molecule has 2 aromatic carbocycles. The predicted octanol–water partition coefficient (Wildman–Crippen LogP) is 6.62. The molecule has 3 aromatic rings. The Morgan fingerprint density at radius 1 is 0.895 bits per heavy atom. The van der Waals surface area contributed by atoms with Crippen molar-refractivity contribution in [3.8, 4) is 5.75 Å². The van der Waals surface area contributed by atoms with Gasteiger partial charge in [-0.1, -0.05) is 65.8 Å². The minimum atomic E-state index is -3.62. The van der Waals surface area contributed by atoms with Crippen molar-refractivity contribution in [2.24, 2.45) is 0 Å². The summed E-state index contributed by atoms with van der Waals surface area (Å²) in [6.07, 6.45) is 0.761. The Kier molecular flexibility index (Phi) is 8.85. The summed E-state index contributed by atoms with van der Waals surface area (Å²) in [5.74, 6) is 1.43. The molecule has 4 rings (SSSR count). The third-order valence-corrected chi connectivity index (χ3v) is 10.3. The highest BCUT2D eigenvalue weighted by Gasteiger charge is 2.34. The summed E-state index contributed by atoms with van der Waals surface area (Å²) in [6, 6.07) is 12.3. The molecule has 1 saturated heterocycles. The van der Waals surface area contributed by atoms with Crippen LogP contribution in [0.1, 0.15) is 87.2 Å². The van der Waals surface area contributed by atoms with E-state index >= 15 is 0 Å². The smallest absolute Gasteiger partial charge is 0.243 e.